The maximum atomic E-state index is 14.3. The van der Waals surface area contributed by atoms with Crippen molar-refractivity contribution in [3.8, 4) is 0 Å². The summed E-state index contributed by atoms with van der Waals surface area (Å²) in [6, 6.07) is 6.08. The first kappa shape index (κ1) is 16.6. The van der Waals surface area contributed by atoms with E-state index in [4.69, 9.17) is 9.31 Å². The van der Waals surface area contributed by atoms with Crippen molar-refractivity contribution in [2.75, 3.05) is 20.1 Å². The summed E-state index contributed by atoms with van der Waals surface area (Å²) >= 11 is 3.17. The molecule has 6 nitrogen and oxygen atoms in total. The van der Waals surface area contributed by atoms with E-state index in [1.165, 1.54) is 24.1 Å². The molecule has 0 spiro atoms. The molecule has 1 aliphatic rings. The van der Waals surface area contributed by atoms with Crippen LogP contribution in [0.25, 0.3) is 0 Å². The Balaban J connectivity index is 2.15. The second kappa shape index (κ2) is 7.02. The molecule has 1 aromatic carbocycles. The Bertz CT molecular complexity index is 594. The van der Waals surface area contributed by atoms with Crippen LogP contribution in [0.1, 0.15) is 10.4 Å². The molecule has 0 aromatic heterocycles. The molecule has 1 heterocycles. The van der Waals surface area contributed by atoms with Crippen LogP contribution in [-0.2, 0) is 18.9 Å². The summed E-state index contributed by atoms with van der Waals surface area (Å²) < 4.78 is 24.4. The number of ketones is 1. The van der Waals surface area contributed by atoms with Crippen molar-refractivity contribution < 1.29 is 28.1 Å². The molecule has 0 amide bonds. The van der Waals surface area contributed by atoms with Crippen LogP contribution in [0.4, 0.5) is 4.39 Å². The number of likely N-dealkylation sites (N-methyl/N-ethyl adjacent to an activating group) is 1. The fraction of sp³-hybridized carbons (Fsp3) is 0.308. The monoisotopic (exact) mass is 371 g/mol. The first-order chi connectivity index (χ1) is 10.4. The van der Waals surface area contributed by atoms with E-state index in [1.807, 2.05) is 0 Å². The molecule has 1 fully saturated rings. The molecule has 0 saturated carbocycles. The smallest absolute Gasteiger partial charge is 0.496 e. The van der Waals surface area contributed by atoms with E-state index in [0.717, 1.165) is 0 Å². The Morgan fingerprint density at radius 1 is 1.32 bits per heavy atom. The molecule has 1 aromatic rings. The summed E-state index contributed by atoms with van der Waals surface area (Å²) in [4.78, 5) is 36.5. The quantitative estimate of drug-likeness (QED) is 0.583. The predicted octanol–water partition coefficient (Wildman–Crippen LogP) is 1.03. The molecule has 22 heavy (non-hydrogen) atoms. The molecule has 0 unspecified atom stereocenters. The number of Topliss-reactive ketones (excluding diaryl/α,β-unsaturated/α-hetero) is 1. The van der Waals surface area contributed by atoms with E-state index in [1.54, 1.807) is 12.1 Å². The van der Waals surface area contributed by atoms with Gasteiger partial charge in [-0.1, -0.05) is 28.1 Å². The van der Waals surface area contributed by atoms with Gasteiger partial charge in [0, 0.05) is 10.0 Å². The van der Waals surface area contributed by atoms with Gasteiger partial charge in [0.1, 0.15) is 0 Å². The average molecular weight is 372 g/mol. The van der Waals surface area contributed by atoms with Gasteiger partial charge in [-0.05, 0) is 19.2 Å². The lowest BCUT2D eigenvalue weighted by Crippen LogP contribution is -2.48. The van der Waals surface area contributed by atoms with Crippen molar-refractivity contribution in [2.45, 2.75) is 6.07 Å². The van der Waals surface area contributed by atoms with Crippen molar-refractivity contribution in [2.24, 2.45) is 0 Å². The van der Waals surface area contributed by atoms with Gasteiger partial charge in [0.05, 0.1) is 13.1 Å². The summed E-state index contributed by atoms with van der Waals surface area (Å²) in [6.07, 6.45) is -2.29. The molecule has 0 bridgehead atoms. The Morgan fingerprint density at radius 3 is 2.45 bits per heavy atom. The first-order valence-corrected chi connectivity index (χ1v) is 7.17. The number of nitrogens with zero attached hydrogens (tertiary/aromatic N) is 1. The van der Waals surface area contributed by atoms with E-state index >= 15 is 0 Å². The highest BCUT2D eigenvalue weighted by Crippen LogP contribution is 2.17. The molecule has 1 aliphatic heterocycles. The number of carbonyl (C=O) groups excluding carboxylic acids is 3. The number of hydrogen-bond acceptors (Lipinski definition) is 6. The van der Waals surface area contributed by atoms with Crippen LogP contribution in [0.2, 0.25) is 0 Å². The van der Waals surface area contributed by atoms with Gasteiger partial charge in [0.25, 0.3) is 0 Å². The van der Waals surface area contributed by atoms with Gasteiger partial charge in [0.2, 0.25) is 6.07 Å². The predicted molar refractivity (Wildman–Crippen MR) is 78.8 cm³/mol. The molecule has 9 heteroatoms. The zero-order valence-corrected chi connectivity index (χ0v) is 13.2. The lowest BCUT2D eigenvalue weighted by Gasteiger charge is -2.23. The molecule has 2 rings (SSSR count). The van der Waals surface area contributed by atoms with E-state index in [9.17, 15) is 18.8 Å². The van der Waals surface area contributed by atoms with Crippen molar-refractivity contribution in [1.82, 2.24) is 4.90 Å². The van der Waals surface area contributed by atoms with Gasteiger partial charge < -0.3 is 9.31 Å². The van der Waals surface area contributed by atoms with Gasteiger partial charge in [-0.25, -0.2) is 4.39 Å². The van der Waals surface area contributed by atoms with Crippen LogP contribution in [0.5, 0.6) is 0 Å². The van der Waals surface area contributed by atoms with Crippen LogP contribution in [0.15, 0.2) is 28.7 Å². The molecule has 0 N–H and O–H groups in total. The van der Waals surface area contributed by atoms with Crippen LogP contribution >= 0.6 is 15.9 Å². The third-order valence-corrected chi connectivity index (χ3v) is 3.39. The highest BCUT2D eigenvalue weighted by Gasteiger charge is 2.44. The molecule has 1 saturated heterocycles. The first-order valence-electron chi connectivity index (χ1n) is 6.38. The summed E-state index contributed by atoms with van der Waals surface area (Å²) in [6.45, 7) is -0.382. The number of carbonyl (C=O) groups is 3. The summed E-state index contributed by atoms with van der Waals surface area (Å²) in [7, 11) is -0.359. The number of benzene rings is 1. The minimum Gasteiger partial charge on any atom is -0.496 e. The van der Waals surface area contributed by atoms with E-state index in [2.05, 4.69) is 15.9 Å². The van der Waals surface area contributed by atoms with E-state index < -0.39 is 30.9 Å². The van der Waals surface area contributed by atoms with Gasteiger partial charge in [0.15, 0.2) is 5.78 Å². The van der Waals surface area contributed by atoms with Crippen molar-refractivity contribution in [3.63, 3.8) is 0 Å². The van der Waals surface area contributed by atoms with Crippen LogP contribution < -0.4 is 0 Å². The van der Waals surface area contributed by atoms with E-state index in [0.29, 0.717) is 4.47 Å². The molecular formula is C13H12BBrFNO5. The normalized spacial score (nSPS) is 18.0. The molecule has 0 radical (unpaired) electrons. The average Bonchev–Trinajstić information content (AvgIpc) is 2.43. The summed E-state index contributed by atoms with van der Waals surface area (Å²) in [5.74, 6) is -2.48. The Kier molecular flexibility index (Phi) is 5.30. The lowest BCUT2D eigenvalue weighted by atomic mass is 9.77. The van der Waals surface area contributed by atoms with Gasteiger partial charge in [-0.2, -0.15) is 0 Å². The maximum Gasteiger partial charge on any atom is 0.644 e. The number of alkyl halides is 1. The standard InChI is InChI=1S/C13H12BBrFNO5/c1-17-6-10(18)21-14(22-11(19)7-17)13(16)12(20)8-3-2-4-9(15)5-8/h2-5,13H,6-7H2,1H3/t13-/m0/s1. The molecular weight excluding hydrogens is 360 g/mol. The third kappa shape index (κ3) is 4.14. The second-order valence-electron chi connectivity index (χ2n) is 4.80. The Morgan fingerprint density at radius 2 is 1.91 bits per heavy atom. The zero-order chi connectivity index (χ0) is 16.3. The highest BCUT2D eigenvalue weighted by molar-refractivity contribution is 9.10. The number of rotatable bonds is 3. The number of halogens is 2. The van der Waals surface area contributed by atoms with Crippen molar-refractivity contribution in [3.05, 3.63) is 34.3 Å². The van der Waals surface area contributed by atoms with Crippen LogP contribution in [0.3, 0.4) is 0 Å². The fourth-order valence-corrected chi connectivity index (χ4v) is 2.30. The third-order valence-electron chi connectivity index (χ3n) is 2.89. The van der Waals surface area contributed by atoms with E-state index in [-0.39, 0.29) is 18.7 Å². The largest absolute Gasteiger partial charge is 0.644 e. The minimum absolute atomic E-state index is 0.0770. The van der Waals surface area contributed by atoms with Crippen molar-refractivity contribution >= 4 is 40.8 Å². The molecule has 1 atom stereocenters. The Labute approximate surface area is 134 Å². The summed E-state index contributed by atoms with van der Waals surface area (Å²) in [5.41, 5.74) is 0.0770. The lowest BCUT2D eigenvalue weighted by molar-refractivity contribution is -0.146. The molecule has 116 valence electrons. The zero-order valence-electron chi connectivity index (χ0n) is 11.6. The van der Waals surface area contributed by atoms with Crippen LogP contribution in [-0.4, -0.2) is 55.9 Å². The maximum absolute atomic E-state index is 14.3. The van der Waals surface area contributed by atoms with Crippen molar-refractivity contribution in [1.29, 1.82) is 0 Å². The fourth-order valence-electron chi connectivity index (χ4n) is 1.90. The second-order valence-corrected chi connectivity index (χ2v) is 5.71. The molecule has 0 aliphatic carbocycles. The Hall–Kier alpha value is -1.74. The van der Waals surface area contributed by atoms with Gasteiger partial charge in [-0.3, -0.25) is 19.3 Å². The SMILES string of the molecule is CN1CC(=O)OB([C@@H](F)C(=O)c2cccc(Br)c2)OC(=O)C1. The summed E-state index contributed by atoms with van der Waals surface area (Å²) in [5, 5.41) is 0. The van der Waals surface area contributed by atoms with Gasteiger partial charge >= 0.3 is 19.1 Å². The highest BCUT2D eigenvalue weighted by atomic mass is 79.9. The van der Waals surface area contributed by atoms with Gasteiger partial charge in [-0.15, -0.1) is 0 Å². The minimum atomic E-state index is -2.29. The number of hydrogen-bond donors (Lipinski definition) is 0. The van der Waals surface area contributed by atoms with Crippen LogP contribution in [0, 0.1) is 0 Å². The topological polar surface area (TPSA) is 72.9 Å².